The minimum Gasteiger partial charge on any atom is -0.497 e. The summed E-state index contributed by atoms with van der Waals surface area (Å²) in [5, 5.41) is 2.69. The molecular weight excluding hydrogens is 224 g/mol. The Morgan fingerprint density at radius 2 is 2.25 bits per heavy atom. The normalized spacial score (nSPS) is 11.6. The van der Waals surface area contributed by atoms with Crippen molar-refractivity contribution in [2.45, 2.75) is 13.0 Å². The number of rotatable bonds is 4. The van der Waals surface area contributed by atoms with Gasteiger partial charge in [-0.3, -0.25) is 4.79 Å². The number of nitrogens with one attached hydrogen (secondary N) is 1. The third-order valence-electron chi connectivity index (χ3n) is 2.11. The number of carbonyl (C=O) groups excluding carboxylic acids is 1. The van der Waals surface area contributed by atoms with Crippen molar-refractivity contribution in [1.82, 2.24) is 5.32 Å². The Balaban J connectivity index is 2.76. The summed E-state index contributed by atoms with van der Waals surface area (Å²) in [6, 6.07) is 6.55. The molecule has 0 spiro atoms. The van der Waals surface area contributed by atoms with Crippen LogP contribution >= 0.6 is 12.2 Å². The molecule has 3 N–H and O–H groups in total. The van der Waals surface area contributed by atoms with E-state index in [1.54, 1.807) is 38.3 Å². The van der Waals surface area contributed by atoms with Crippen LogP contribution in [0.2, 0.25) is 0 Å². The molecule has 1 amide bonds. The van der Waals surface area contributed by atoms with Gasteiger partial charge in [-0.2, -0.15) is 0 Å². The quantitative estimate of drug-likeness (QED) is 0.771. The fourth-order valence-electron chi connectivity index (χ4n) is 1.12. The molecule has 1 atom stereocenters. The highest BCUT2D eigenvalue weighted by molar-refractivity contribution is 7.80. The van der Waals surface area contributed by atoms with Gasteiger partial charge in [-0.25, -0.2) is 0 Å². The molecule has 0 heterocycles. The zero-order valence-electron chi connectivity index (χ0n) is 9.19. The number of ether oxygens (including phenoxy) is 1. The highest BCUT2D eigenvalue weighted by atomic mass is 32.1. The van der Waals surface area contributed by atoms with Crippen molar-refractivity contribution in [2.24, 2.45) is 5.73 Å². The summed E-state index contributed by atoms with van der Waals surface area (Å²) in [5.41, 5.74) is 5.93. The van der Waals surface area contributed by atoms with Crippen LogP contribution in [-0.2, 0) is 0 Å². The molecule has 0 saturated heterocycles. The van der Waals surface area contributed by atoms with Crippen LogP contribution in [0.1, 0.15) is 17.3 Å². The Bertz CT molecular complexity index is 407. The molecule has 16 heavy (non-hydrogen) atoms. The van der Waals surface area contributed by atoms with Crippen LogP contribution in [0.15, 0.2) is 24.3 Å². The fraction of sp³-hybridized carbons (Fsp3) is 0.273. The first kappa shape index (κ1) is 12.4. The summed E-state index contributed by atoms with van der Waals surface area (Å²) in [5.74, 6) is 0.412. The molecule has 0 aliphatic carbocycles. The Labute approximate surface area is 99.8 Å². The minimum atomic E-state index is -0.325. The first-order chi connectivity index (χ1) is 7.54. The van der Waals surface area contributed by atoms with Gasteiger partial charge in [-0.05, 0) is 25.1 Å². The molecule has 0 fully saturated rings. The maximum absolute atomic E-state index is 11.7. The summed E-state index contributed by atoms with van der Waals surface area (Å²) in [4.78, 5) is 12.0. The standard InChI is InChI=1S/C11H14N2O2S/c1-7(10(12)16)13-11(14)8-4-3-5-9(6-8)15-2/h3-7H,1-2H3,(H2,12,16)(H,13,14). The van der Waals surface area contributed by atoms with Crippen LogP contribution in [0.3, 0.4) is 0 Å². The molecule has 86 valence electrons. The van der Waals surface area contributed by atoms with E-state index in [4.69, 9.17) is 22.7 Å². The molecule has 0 bridgehead atoms. The van der Waals surface area contributed by atoms with E-state index in [0.717, 1.165) is 0 Å². The first-order valence-corrected chi connectivity index (χ1v) is 5.19. The second-order valence-electron chi connectivity index (χ2n) is 3.33. The summed E-state index contributed by atoms with van der Waals surface area (Å²) in [6.45, 7) is 1.74. The summed E-state index contributed by atoms with van der Waals surface area (Å²) >= 11 is 4.77. The van der Waals surface area contributed by atoms with Crippen LogP contribution in [-0.4, -0.2) is 24.0 Å². The third-order valence-corrected chi connectivity index (χ3v) is 2.46. The largest absolute Gasteiger partial charge is 0.497 e. The van der Waals surface area contributed by atoms with Crippen LogP contribution in [0, 0.1) is 0 Å². The van der Waals surface area contributed by atoms with Crippen LogP contribution in [0.5, 0.6) is 5.75 Å². The van der Waals surface area contributed by atoms with Crippen LogP contribution < -0.4 is 15.8 Å². The van der Waals surface area contributed by atoms with Gasteiger partial charge in [0.15, 0.2) is 0 Å². The second kappa shape index (κ2) is 5.46. The van der Waals surface area contributed by atoms with Gasteiger partial charge in [0, 0.05) is 5.56 Å². The monoisotopic (exact) mass is 238 g/mol. The molecule has 4 nitrogen and oxygen atoms in total. The molecule has 1 aromatic carbocycles. The average molecular weight is 238 g/mol. The van der Waals surface area contributed by atoms with E-state index in [1.807, 2.05) is 0 Å². The van der Waals surface area contributed by atoms with Gasteiger partial charge in [0.2, 0.25) is 0 Å². The van der Waals surface area contributed by atoms with E-state index in [2.05, 4.69) is 5.32 Å². The molecule has 0 radical (unpaired) electrons. The van der Waals surface area contributed by atoms with Gasteiger partial charge in [0.05, 0.1) is 18.1 Å². The van der Waals surface area contributed by atoms with Crippen molar-refractivity contribution < 1.29 is 9.53 Å². The molecule has 1 rings (SSSR count). The van der Waals surface area contributed by atoms with E-state index in [9.17, 15) is 4.79 Å². The van der Waals surface area contributed by atoms with Gasteiger partial charge < -0.3 is 15.8 Å². The number of hydrogen-bond acceptors (Lipinski definition) is 3. The van der Waals surface area contributed by atoms with E-state index >= 15 is 0 Å². The van der Waals surface area contributed by atoms with Gasteiger partial charge in [-0.1, -0.05) is 18.3 Å². The van der Waals surface area contributed by atoms with Gasteiger partial charge in [0.25, 0.3) is 5.91 Å². The molecule has 0 saturated carbocycles. The van der Waals surface area contributed by atoms with Crippen molar-refractivity contribution in [3.8, 4) is 5.75 Å². The number of amides is 1. The number of carbonyl (C=O) groups is 1. The Morgan fingerprint density at radius 1 is 1.56 bits per heavy atom. The number of benzene rings is 1. The topological polar surface area (TPSA) is 64.3 Å². The molecule has 0 aliphatic rings. The Kier molecular flexibility index (Phi) is 4.25. The maximum atomic E-state index is 11.7. The maximum Gasteiger partial charge on any atom is 0.251 e. The van der Waals surface area contributed by atoms with Crippen molar-refractivity contribution >= 4 is 23.1 Å². The molecular formula is C11H14N2O2S. The molecule has 0 aliphatic heterocycles. The predicted molar refractivity (Wildman–Crippen MR) is 66.7 cm³/mol. The lowest BCUT2D eigenvalue weighted by Gasteiger charge is -2.12. The highest BCUT2D eigenvalue weighted by Gasteiger charge is 2.11. The van der Waals surface area contributed by atoms with Crippen molar-refractivity contribution in [3.05, 3.63) is 29.8 Å². The van der Waals surface area contributed by atoms with Crippen molar-refractivity contribution in [3.63, 3.8) is 0 Å². The van der Waals surface area contributed by atoms with Gasteiger partial charge >= 0.3 is 0 Å². The van der Waals surface area contributed by atoms with E-state index in [1.165, 1.54) is 0 Å². The zero-order valence-corrected chi connectivity index (χ0v) is 10.0. The van der Waals surface area contributed by atoms with Crippen LogP contribution in [0.4, 0.5) is 0 Å². The minimum absolute atomic E-state index is 0.223. The number of thiocarbonyl (C=S) groups is 1. The number of hydrogen-bond donors (Lipinski definition) is 2. The lowest BCUT2D eigenvalue weighted by molar-refractivity contribution is 0.0949. The highest BCUT2D eigenvalue weighted by Crippen LogP contribution is 2.12. The smallest absolute Gasteiger partial charge is 0.251 e. The second-order valence-corrected chi connectivity index (χ2v) is 3.80. The SMILES string of the molecule is COc1cccc(C(=O)NC(C)C(N)=S)c1. The molecule has 1 aromatic rings. The van der Waals surface area contributed by atoms with Crippen molar-refractivity contribution in [1.29, 1.82) is 0 Å². The summed E-state index contributed by atoms with van der Waals surface area (Å²) < 4.78 is 5.03. The van der Waals surface area contributed by atoms with Crippen molar-refractivity contribution in [2.75, 3.05) is 7.11 Å². The Morgan fingerprint density at radius 3 is 2.81 bits per heavy atom. The first-order valence-electron chi connectivity index (χ1n) is 4.79. The third kappa shape index (κ3) is 3.20. The number of nitrogens with two attached hydrogens (primary N) is 1. The lowest BCUT2D eigenvalue weighted by Crippen LogP contribution is -2.41. The van der Waals surface area contributed by atoms with E-state index in [0.29, 0.717) is 11.3 Å². The van der Waals surface area contributed by atoms with Gasteiger partial charge in [0.1, 0.15) is 5.75 Å². The fourth-order valence-corrected chi connectivity index (χ4v) is 1.17. The zero-order chi connectivity index (χ0) is 12.1. The summed E-state index contributed by atoms with van der Waals surface area (Å²) in [7, 11) is 1.55. The number of methoxy groups -OCH3 is 1. The van der Waals surface area contributed by atoms with E-state index < -0.39 is 0 Å². The molecule has 1 unspecified atom stereocenters. The lowest BCUT2D eigenvalue weighted by atomic mass is 10.2. The molecule has 0 aromatic heterocycles. The molecule has 5 heteroatoms. The van der Waals surface area contributed by atoms with Gasteiger partial charge in [-0.15, -0.1) is 0 Å². The Hall–Kier alpha value is -1.62. The average Bonchev–Trinajstić information content (AvgIpc) is 2.28. The van der Waals surface area contributed by atoms with E-state index in [-0.39, 0.29) is 16.9 Å². The predicted octanol–water partition coefficient (Wildman–Crippen LogP) is 1.10. The van der Waals surface area contributed by atoms with Crippen LogP contribution in [0.25, 0.3) is 0 Å². The summed E-state index contributed by atoms with van der Waals surface area (Å²) in [6.07, 6.45) is 0.